The second-order valence-electron chi connectivity index (χ2n) is 11.0. The van der Waals surface area contributed by atoms with Gasteiger partial charge in [0.15, 0.2) is 0 Å². The van der Waals surface area contributed by atoms with Crippen LogP contribution in [0, 0.1) is 0 Å². The number of piperidine rings is 1. The lowest BCUT2D eigenvalue weighted by molar-refractivity contribution is 0.00985. The normalized spacial score (nSPS) is 17.7. The quantitative estimate of drug-likeness (QED) is 0.503. The third-order valence-electron chi connectivity index (χ3n) is 7.25. The van der Waals surface area contributed by atoms with Crippen molar-refractivity contribution in [2.75, 3.05) is 39.3 Å². The van der Waals surface area contributed by atoms with Gasteiger partial charge in [0.2, 0.25) is 0 Å². The van der Waals surface area contributed by atoms with Crippen molar-refractivity contribution >= 4 is 22.9 Å². The number of para-hydroxylation sites is 1. The van der Waals surface area contributed by atoms with Crippen molar-refractivity contribution in [3.63, 3.8) is 0 Å². The Morgan fingerprint density at radius 2 is 1.49 bits per heavy atom. The van der Waals surface area contributed by atoms with Gasteiger partial charge in [-0.15, -0.1) is 0 Å². The maximum atomic E-state index is 13.7. The molecule has 0 radical (unpaired) electrons. The number of hydrogen-bond acceptors (Lipinski definition) is 5. The Labute approximate surface area is 219 Å². The van der Waals surface area contributed by atoms with Crippen LogP contribution in [-0.2, 0) is 4.74 Å². The highest BCUT2D eigenvalue weighted by Crippen LogP contribution is 2.27. The molecule has 194 valence electrons. The lowest BCUT2D eigenvalue weighted by Crippen LogP contribution is -2.55. The number of amides is 2. The molecule has 0 atom stereocenters. The first-order chi connectivity index (χ1) is 17.8. The average molecular weight is 501 g/mol. The van der Waals surface area contributed by atoms with Gasteiger partial charge in [0.25, 0.3) is 5.91 Å². The van der Waals surface area contributed by atoms with Gasteiger partial charge >= 0.3 is 6.09 Å². The van der Waals surface area contributed by atoms with Crippen molar-refractivity contribution in [1.82, 2.24) is 19.7 Å². The minimum atomic E-state index is -0.473. The van der Waals surface area contributed by atoms with Crippen molar-refractivity contribution in [1.29, 1.82) is 0 Å². The molecule has 0 aliphatic carbocycles. The molecule has 0 saturated carbocycles. The first-order valence-corrected chi connectivity index (χ1v) is 13.2. The van der Waals surface area contributed by atoms with Crippen molar-refractivity contribution in [2.45, 2.75) is 45.3 Å². The van der Waals surface area contributed by atoms with Crippen molar-refractivity contribution < 1.29 is 14.3 Å². The number of ether oxygens (including phenoxy) is 1. The first kappa shape index (κ1) is 25.2. The van der Waals surface area contributed by atoms with Crippen LogP contribution in [-0.4, -0.2) is 82.6 Å². The summed E-state index contributed by atoms with van der Waals surface area (Å²) in [6.45, 7) is 10.2. The van der Waals surface area contributed by atoms with Crippen LogP contribution >= 0.6 is 0 Å². The number of piperazine rings is 1. The van der Waals surface area contributed by atoms with Gasteiger partial charge in [-0.1, -0.05) is 48.5 Å². The van der Waals surface area contributed by atoms with Gasteiger partial charge in [0.1, 0.15) is 5.60 Å². The molecule has 7 nitrogen and oxygen atoms in total. The molecule has 2 aromatic carbocycles. The topological polar surface area (TPSA) is 66.0 Å². The highest BCUT2D eigenvalue weighted by Gasteiger charge is 2.32. The highest BCUT2D eigenvalue weighted by molar-refractivity contribution is 6.07. The number of likely N-dealkylation sites (tertiary alicyclic amines) is 1. The van der Waals surface area contributed by atoms with E-state index in [0.29, 0.717) is 37.8 Å². The molecule has 0 N–H and O–H groups in total. The van der Waals surface area contributed by atoms with Gasteiger partial charge in [-0.05, 0) is 45.7 Å². The molecular weight excluding hydrogens is 464 g/mol. The van der Waals surface area contributed by atoms with E-state index < -0.39 is 5.60 Å². The van der Waals surface area contributed by atoms with Crippen LogP contribution in [0.25, 0.3) is 22.2 Å². The SMILES string of the molecule is CC(C)(C)OC(=O)N1CCC(N2CCN(C(=O)c3cc(-c4ccccc4)nc4ccccc34)CC2)CC1. The van der Waals surface area contributed by atoms with Crippen LogP contribution in [0.5, 0.6) is 0 Å². The Hall–Kier alpha value is -3.45. The molecule has 0 bridgehead atoms. The van der Waals surface area contributed by atoms with E-state index in [1.807, 2.05) is 91.2 Å². The Morgan fingerprint density at radius 1 is 0.838 bits per heavy atom. The van der Waals surface area contributed by atoms with Gasteiger partial charge in [-0.25, -0.2) is 9.78 Å². The van der Waals surface area contributed by atoms with Gasteiger partial charge in [0.05, 0.1) is 16.8 Å². The van der Waals surface area contributed by atoms with Crippen LogP contribution in [0.2, 0.25) is 0 Å². The predicted octanol–water partition coefficient (Wildman–Crippen LogP) is 5.06. The fourth-order valence-corrected chi connectivity index (χ4v) is 5.31. The number of rotatable bonds is 3. The number of carbonyl (C=O) groups is 2. The zero-order chi connectivity index (χ0) is 26.0. The standard InChI is InChI=1S/C30H36N4O3/c1-30(2,3)37-29(36)34-15-13-23(14-16-34)32-17-19-33(20-18-32)28(35)25-21-27(22-9-5-4-6-10-22)31-26-12-8-7-11-24(25)26/h4-12,21,23H,13-20H2,1-3H3. The molecule has 7 heteroatoms. The zero-order valence-corrected chi connectivity index (χ0v) is 22.0. The number of fused-ring (bicyclic) bond motifs is 1. The van der Waals surface area contributed by atoms with E-state index in [-0.39, 0.29) is 12.0 Å². The van der Waals surface area contributed by atoms with E-state index in [4.69, 9.17) is 9.72 Å². The molecule has 5 rings (SSSR count). The number of hydrogen-bond donors (Lipinski definition) is 0. The van der Waals surface area contributed by atoms with Crippen molar-refractivity contribution in [2.24, 2.45) is 0 Å². The molecule has 0 unspecified atom stereocenters. The van der Waals surface area contributed by atoms with Crippen LogP contribution in [0.4, 0.5) is 4.79 Å². The molecule has 1 aromatic heterocycles. The molecule has 0 spiro atoms. The summed E-state index contributed by atoms with van der Waals surface area (Å²) in [5, 5.41) is 0.893. The Balaban J connectivity index is 1.23. The van der Waals surface area contributed by atoms with Crippen molar-refractivity contribution in [3.05, 3.63) is 66.2 Å². The van der Waals surface area contributed by atoms with Crippen LogP contribution < -0.4 is 0 Å². The van der Waals surface area contributed by atoms with E-state index in [0.717, 1.165) is 48.1 Å². The number of benzene rings is 2. The van der Waals surface area contributed by atoms with Gasteiger partial charge in [-0.2, -0.15) is 0 Å². The molecule has 3 heterocycles. The third-order valence-corrected chi connectivity index (χ3v) is 7.25. The molecule has 2 aliphatic rings. The molecule has 2 fully saturated rings. The number of nitrogens with zero attached hydrogens (tertiary/aromatic N) is 4. The predicted molar refractivity (Wildman–Crippen MR) is 145 cm³/mol. The van der Waals surface area contributed by atoms with Crippen LogP contribution in [0.3, 0.4) is 0 Å². The summed E-state index contributed by atoms with van der Waals surface area (Å²) < 4.78 is 5.53. The van der Waals surface area contributed by atoms with E-state index >= 15 is 0 Å². The molecule has 2 aliphatic heterocycles. The molecule has 2 saturated heterocycles. The third kappa shape index (κ3) is 5.77. The average Bonchev–Trinajstić information content (AvgIpc) is 2.92. The van der Waals surface area contributed by atoms with Gasteiger partial charge in [0, 0.05) is 56.3 Å². The lowest BCUT2D eigenvalue weighted by atomic mass is 10.0. The number of aromatic nitrogens is 1. The highest BCUT2D eigenvalue weighted by atomic mass is 16.6. The van der Waals surface area contributed by atoms with Gasteiger partial charge in [-0.3, -0.25) is 9.69 Å². The Kier molecular flexibility index (Phi) is 7.15. The molecule has 2 amide bonds. The number of pyridine rings is 1. The summed E-state index contributed by atoms with van der Waals surface area (Å²) in [5.74, 6) is 0.0650. The summed E-state index contributed by atoms with van der Waals surface area (Å²) in [7, 11) is 0. The molecule has 37 heavy (non-hydrogen) atoms. The van der Waals surface area contributed by atoms with Crippen LogP contribution in [0.1, 0.15) is 44.0 Å². The minimum absolute atomic E-state index is 0.0650. The maximum absolute atomic E-state index is 13.7. The van der Waals surface area contributed by atoms with Crippen molar-refractivity contribution in [3.8, 4) is 11.3 Å². The zero-order valence-electron chi connectivity index (χ0n) is 22.0. The summed E-state index contributed by atoms with van der Waals surface area (Å²) >= 11 is 0. The first-order valence-electron chi connectivity index (χ1n) is 13.2. The minimum Gasteiger partial charge on any atom is -0.444 e. The van der Waals surface area contributed by atoms with E-state index in [1.165, 1.54) is 0 Å². The van der Waals surface area contributed by atoms with E-state index in [2.05, 4.69) is 4.90 Å². The summed E-state index contributed by atoms with van der Waals surface area (Å²) in [6, 6.07) is 20.3. The summed E-state index contributed by atoms with van der Waals surface area (Å²) in [4.78, 5) is 37.2. The van der Waals surface area contributed by atoms with Crippen LogP contribution in [0.15, 0.2) is 60.7 Å². The monoisotopic (exact) mass is 500 g/mol. The lowest BCUT2D eigenvalue weighted by Gasteiger charge is -2.42. The van der Waals surface area contributed by atoms with E-state index in [1.54, 1.807) is 0 Å². The Bertz CT molecular complexity index is 1250. The molecule has 3 aromatic rings. The smallest absolute Gasteiger partial charge is 0.410 e. The summed E-state index contributed by atoms with van der Waals surface area (Å²) in [6.07, 6.45) is 1.64. The largest absolute Gasteiger partial charge is 0.444 e. The molecular formula is C30H36N4O3. The fourth-order valence-electron chi connectivity index (χ4n) is 5.31. The second-order valence-corrected chi connectivity index (χ2v) is 11.0. The summed E-state index contributed by atoms with van der Waals surface area (Å²) in [5.41, 5.74) is 2.90. The fraction of sp³-hybridized carbons (Fsp3) is 0.433. The maximum Gasteiger partial charge on any atom is 0.410 e. The Morgan fingerprint density at radius 3 is 2.16 bits per heavy atom. The van der Waals surface area contributed by atoms with E-state index in [9.17, 15) is 9.59 Å². The van der Waals surface area contributed by atoms with Gasteiger partial charge < -0.3 is 14.5 Å². The number of carbonyl (C=O) groups excluding carboxylic acids is 2. The second kappa shape index (κ2) is 10.5.